The number of hydrogen-bond acceptors (Lipinski definition) is 2. The maximum atomic E-state index is 4.16. The van der Waals surface area contributed by atoms with E-state index in [0.717, 1.165) is 25.9 Å². The molecule has 2 aromatic rings. The minimum Gasteiger partial charge on any atom is -0.316 e. The van der Waals surface area contributed by atoms with Crippen LogP contribution in [0.2, 0.25) is 0 Å². The zero-order valence-corrected chi connectivity index (χ0v) is 11.2. The Kier molecular flexibility index (Phi) is 4.53. The Morgan fingerprint density at radius 2 is 2.00 bits per heavy atom. The van der Waals surface area contributed by atoms with Gasteiger partial charge in [-0.15, -0.1) is 0 Å². The van der Waals surface area contributed by atoms with Crippen molar-refractivity contribution in [2.45, 2.75) is 19.8 Å². The molecule has 2 rings (SSSR count). The average molecular weight is 243 g/mol. The molecule has 0 amide bonds. The molecule has 0 atom stereocenters. The Morgan fingerprint density at radius 3 is 2.72 bits per heavy atom. The lowest BCUT2D eigenvalue weighted by Gasteiger charge is -2.06. The van der Waals surface area contributed by atoms with Crippen LogP contribution in [0.5, 0.6) is 0 Å². The van der Waals surface area contributed by atoms with Crippen LogP contribution in [-0.2, 0) is 19.9 Å². The fourth-order valence-corrected chi connectivity index (χ4v) is 2.09. The first kappa shape index (κ1) is 12.8. The van der Waals surface area contributed by atoms with Crippen LogP contribution < -0.4 is 5.32 Å². The van der Waals surface area contributed by atoms with Crippen LogP contribution in [0.3, 0.4) is 0 Å². The molecular formula is C15H21N3. The van der Waals surface area contributed by atoms with Gasteiger partial charge < -0.3 is 5.32 Å². The van der Waals surface area contributed by atoms with Gasteiger partial charge in [0.15, 0.2) is 0 Å². The Labute approximate surface area is 109 Å². The zero-order chi connectivity index (χ0) is 12.8. The van der Waals surface area contributed by atoms with Crippen LogP contribution in [0.1, 0.15) is 16.8 Å². The molecule has 3 heteroatoms. The molecule has 0 unspecified atom stereocenters. The number of nitrogens with one attached hydrogen (secondary N) is 1. The molecule has 1 aromatic heterocycles. The number of hydrogen-bond donors (Lipinski definition) is 1. The minimum absolute atomic E-state index is 1.01. The maximum absolute atomic E-state index is 4.16. The molecule has 0 aliphatic rings. The van der Waals surface area contributed by atoms with Gasteiger partial charge in [0.25, 0.3) is 0 Å². The van der Waals surface area contributed by atoms with Crippen molar-refractivity contribution >= 4 is 0 Å². The third-order valence-electron chi connectivity index (χ3n) is 3.15. The molecule has 0 aliphatic carbocycles. The van der Waals surface area contributed by atoms with E-state index < -0.39 is 0 Å². The van der Waals surface area contributed by atoms with Crippen molar-refractivity contribution in [1.82, 2.24) is 15.1 Å². The monoisotopic (exact) mass is 243 g/mol. The standard InChI is InChI=1S/C15H21N3/c1-13-4-3-5-14(12-13)6-9-16-10-7-15-8-11-17-18(15)2/h3-5,8,11-12,16H,6-7,9-10H2,1-2H3. The molecule has 0 bridgehead atoms. The number of aromatic nitrogens is 2. The molecule has 0 radical (unpaired) electrons. The van der Waals surface area contributed by atoms with Gasteiger partial charge in [-0.2, -0.15) is 5.10 Å². The first-order chi connectivity index (χ1) is 8.75. The number of aryl methyl sites for hydroxylation is 2. The van der Waals surface area contributed by atoms with Gasteiger partial charge in [0.1, 0.15) is 0 Å². The molecule has 0 spiro atoms. The highest BCUT2D eigenvalue weighted by atomic mass is 15.3. The molecule has 3 nitrogen and oxygen atoms in total. The molecule has 0 saturated carbocycles. The number of rotatable bonds is 6. The van der Waals surface area contributed by atoms with Crippen molar-refractivity contribution in [1.29, 1.82) is 0 Å². The normalized spacial score (nSPS) is 10.8. The quantitative estimate of drug-likeness (QED) is 0.787. The van der Waals surface area contributed by atoms with E-state index in [0.29, 0.717) is 0 Å². The Bertz CT molecular complexity index is 488. The summed E-state index contributed by atoms with van der Waals surface area (Å²) in [5.74, 6) is 0. The molecule has 0 saturated heterocycles. The summed E-state index contributed by atoms with van der Waals surface area (Å²) in [6.07, 6.45) is 3.97. The molecule has 0 aliphatic heterocycles. The van der Waals surface area contributed by atoms with E-state index in [1.54, 1.807) is 0 Å². The van der Waals surface area contributed by atoms with E-state index in [1.165, 1.54) is 16.8 Å². The molecule has 1 N–H and O–H groups in total. The van der Waals surface area contributed by atoms with E-state index in [1.807, 2.05) is 17.9 Å². The van der Waals surface area contributed by atoms with Crippen LogP contribution in [0.25, 0.3) is 0 Å². The first-order valence-corrected chi connectivity index (χ1v) is 6.49. The lowest BCUT2D eigenvalue weighted by Crippen LogP contribution is -2.21. The smallest absolute Gasteiger partial charge is 0.0492 e. The van der Waals surface area contributed by atoms with Gasteiger partial charge in [0.2, 0.25) is 0 Å². The van der Waals surface area contributed by atoms with Crippen molar-refractivity contribution in [3.05, 3.63) is 53.3 Å². The highest BCUT2D eigenvalue weighted by Crippen LogP contribution is 2.04. The summed E-state index contributed by atoms with van der Waals surface area (Å²) in [6.45, 7) is 4.17. The topological polar surface area (TPSA) is 29.9 Å². The Hall–Kier alpha value is -1.61. The van der Waals surface area contributed by atoms with Crippen LogP contribution >= 0.6 is 0 Å². The SMILES string of the molecule is Cc1cccc(CCNCCc2ccnn2C)c1. The number of benzene rings is 1. The first-order valence-electron chi connectivity index (χ1n) is 6.49. The highest BCUT2D eigenvalue weighted by molar-refractivity contribution is 5.22. The molecule has 1 heterocycles. The van der Waals surface area contributed by atoms with E-state index >= 15 is 0 Å². The van der Waals surface area contributed by atoms with Crippen molar-refractivity contribution in [3.8, 4) is 0 Å². The van der Waals surface area contributed by atoms with Crippen molar-refractivity contribution < 1.29 is 0 Å². The summed E-state index contributed by atoms with van der Waals surface area (Å²) in [7, 11) is 1.99. The van der Waals surface area contributed by atoms with Crippen LogP contribution in [0.15, 0.2) is 36.5 Å². The van der Waals surface area contributed by atoms with Gasteiger partial charge in [-0.05, 0) is 31.5 Å². The maximum Gasteiger partial charge on any atom is 0.0492 e. The van der Waals surface area contributed by atoms with Crippen molar-refractivity contribution in [2.75, 3.05) is 13.1 Å². The molecule has 1 aromatic carbocycles. The van der Waals surface area contributed by atoms with Gasteiger partial charge in [-0.25, -0.2) is 0 Å². The fraction of sp³-hybridized carbons (Fsp3) is 0.400. The predicted molar refractivity (Wildman–Crippen MR) is 74.7 cm³/mol. The Balaban J connectivity index is 1.66. The minimum atomic E-state index is 1.01. The lowest BCUT2D eigenvalue weighted by molar-refractivity contribution is 0.642. The highest BCUT2D eigenvalue weighted by Gasteiger charge is 1.98. The second-order valence-electron chi connectivity index (χ2n) is 4.69. The summed E-state index contributed by atoms with van der Waals surface area (Å²) in [6, 6.07) is 10.8. The zero-order valence-electron chi connectivity index (χ0n) is 11.2. The van der Waals surface area contributed by atoms with Gasteiger partial charge in [0.05, 0.1) is 0 Å². The summed E-state index contributed by atoms with van der Waals surface area (Å²) in [5.41, 5.74) is 4.02. The van der Waals surface area contributed by atoms with E-state index in [9.17, 15) is 0 Å². The summed E-state index contributed by atoms with van der Waals surface area (Å²) >= 11 is 0. The third-order valence-corrected chi connectivity index (χ3v) is 3.15. The second-order valence-corrected chi connectivity index (χ2v) is 4.69. The van der Waals surface area contributed by atoms with Gasteiger partial charge in [-0.3, -0.25) is 4.68 Å². The van der Waals surface area contributed by atoms with E-state index in [-0.39, 0.29) is 0 Å². The van der Waals surface area contributed by atoms with Gasteiger partial charge in [0, 0.05) is 31.9 Å². The van der Waals surface area contributed by atoms with Crippen molar-refractivity contribution in [2.24, 2.45) is 7.05 Å². The molecular weight excluding hydrogens is 222 g/mol. The molecule has 0 fully saturated rings. The van der Waals surface area contributed by atoms with E-state index in [4.69, 9.17) is 0 Å². The fourth-order valence-electron chi connectivity index (χ4n) is 2.09. The predicted octanol–water partition coefficient (Wildman–Crippen LogP) is 2.10. The number of nitrogens with zero attached hydrogens (tertiary/aromatic N) is 2. The molecule has 18 heavy (non-hydrogen) atoms. The average Bonchev–Trinajstić information content (AvgIpc) is 2.75. The summed E-state index contributed by atoms with van der Waals surface area (Å²) in [5, 5.41) is 7.64. The van der Waals surface area contributed by atoms with Crippen LogP contribution in [0, 0.1) is 6.92 Å². The Morgan fingerprint density at radius 1 is 1.17 bits per heavy atom. The summed E-state index contributed by atoms with van der Waals surface area (Å²) in [4.78, 5) is 0. The van der Waals surface area contributed by atoms with Crippen LogP contribution in [0.4, 0.5) is 0 Å². The van der Waals surface area contributed by atoms with Crippen LogP contribution in [-0.4, -0.2) is 22.9 Å². The summed E-state index contributed by atoms with van der Waals surface area (Å²) < 4.78 is 1.93. The van der Waals surface area contributed by atoms with Gasteiger partial charge >= 0.3 is 0 Å². The second kappa shape index (κ2) is 6.36. The molecule has 96 valence electrons. The lowest BCUT2D eigenvalue weighted by atomic mass is 10.1. The van der Waals surface area contributed by atoms with Crippen molar-refractivity contribution in [3.63, 3.8) is 0 Å². The largest absolute Gasteiger partial charge is 0.316 e. The van der Waals surface area contributed by atoms with Gasteiger partial charge in [-0.1, -0.05) is 29.8 Å². The third kappa shape index (κ3) is 3.70. The van der Waals surface area contributed by atoms with E-state index in [2.05, 4.69) is 47.7 Å².